The molecule has 0 bridgehead atoms. The molecule has 23 heavy (non-hydrogen) atoms. The molecule has 3 nitrogen and oxygen atoms in total. The maximum atomic E-state index is 13.4. The number of piperazine rings is 1. The van der Waals surface area contributed by atoms with Gasteiger partial charge >= 0.3 is 6.18 Å². The molecule has 1 saturated heterocycles. The molecule has 128 valence electrons. The molecule has 2 aliphatic heterocycles. The second-order valence-electron chi connectivity index (χ2n) is 6.37. The van der Waals surface area contributed by atoms with E-state index in [0.29, 0.717) is 24.2 Å². The minimum atomic E-state index is -4.52. The molecule has 3 rings (SSSR count). The molecule has 2 aliphatic rings. The monoisotopic (exact) mass is 328 g/mol. The van der Waals surface area contributed by atoms with E-state index in [1.54, 1.807) is 11.0 Å². The third kappa shape index (κ3) is 2.73. The Morgan fingerprint density at radius 1 is 1.30 bits per heavy atom. The van der Waals surface area contributed by atoms with Gasteiger partial charge in [0.15, 0.2) is 0 Å². The molecule has 1 amide bonds. The number of hydrogen-bond acceptors (Lipinski definition) is 2. The summed E-state index contributed by atoms with van der Waals surface area (Å²) >= 11 is 0. The van der Waals surface area contributed by atoms with Crippen molar-refractivity contribution in [2.45, 2.75) is 52.4 Å². The van der Waals surface area contributed by atoms with Crippen molar-refractivity contribution in [3.05, 3.63) is 34.4 Å². The number of hydrogen-bond donors (Lipinski definition) is 1. The molecule has 0 saturated carbocycles. The lowest BCUT2D eigenvalue weighted by molar-refractivity contribution is -0.138. The van der Waals surface area contributed by atoms with Crippen molar-refractivity contribution in [2.75, 3.05) is 13.1 Å². The van der Waals surface area contributed by atoms with Crippen LogP contribution in [0.4, 0.5) is 13.2 Å². The van der Waals surface area contributed by atoms with Crippen molar-refractivity contribution in [1.82, 2.24) is 10.2 Å². The number of fused-ring (bicyclic) bond motifs is 3. The average molecular weight is 328 g/mol. The zero-order valence-corrected chi connectivity index (χ0v) is 12.8. The molecule has 0 unspecified atom stereocenters. The van der Waals surface area contributed by atoms with E-state index in [4.69, 9.17) is 0 Å². The Morgan fingerprint density at radius 3 is 2.52 bits per heavy atom. The Morgan fingerprint density at radius 2 is 1.96 bits per heavy atom. The Hall–Kier alpha value is -1.56. The third-order valence-corrected chi connectivity index (χ3v) is 4.59. The lowest BCUT2D eigenvalue weighted by Gasteiger charge is -2.36. The van der Waals surface area contributed by atoms with Crippen LogP contribution >= 0.6 is 0 Å². The minimum absolute atomic E-state index is 0. The normalized spacial score (nSPS) is 23.6. The first kappa shape index (κ1) is 17.8. The number of benzene rings is 1. The number of carbonyl (C=O) groups is 1. The summed E-state index contributed by atoms with van der Waals surface area (Å²) in [6, 6.07) is 2.55. The first-order chi connectivity index (χ1) is 10.2. The van der Waals surface area contributed by atoms with Gasteiger partial charge in [0.05, 0.1) is 17.2 Å². The van der Waals surface area contributed by atoms with Crippen LogP contribution in [0.1, 0.15) is 67.2 Å². The standard InChI is InChI=1S/C16H19F3N2O.CH4/c1-8(2)10-6-11-13(12(7-10)16(17,18)19)15(22)21-5-4-20-9(3)14(11)21;/h6-9,14,20H,4-5H2,1-3H3;1H4/t9-,14-;/m0./s1. The molecule has 1 aromatic carbocycles. The summed E-state index contributed by atoms with van der Waals surface area (Å²) in [5, 5.41) is 3.25. The van der Waals surface area contributed by atoms with E-state index in [0.717, 1.165) is 6.07 Å². The number of halogens is 3. The van der Waals surface area contributed by atoms with Crippen molar-refractivity contribution >= 4 is 5.91 Å². The summed E-state index contributed by atoms with van der Waals surface area (Å²) in [6.07, 6.45) is -4.52. The molecular weight excluding hydrogens is 305 g/mol. The van der Waals surface area contributed by atoms with E-state index in [1.807, 2.05) is 20.8 Å². The molecule has 1 N–H and O–H groups in total. The van der Waals surface area contributed by atoms with Crippen LogP contribution in [-0.4, -0.2) is 29.9 Å². The number of carbonyl (C=O) groups excluding carboxylic acids is 1. The van der Waals surface area contributed by atoms with Gasteiger partial charge in [0.2, 0.25) is 0 Å². The fraction of sp³-hybridized carbons (Fsp3) is 0.588. The van der Waals surface area contributed by atoms with Crippen LogP contribution in [0.3, 0.4) is 0 Å². The highest BCUT2D eigenvalue weighted by Gasteiger charge is 2.47. The van der Waals surface area contributed by atoms with E-state index in [1.165, 1.54) is 0 Å². The highest BCUT2D eigenvalue weighted by atomic mass is 19.4. The quantitative estimate of drug-likeness (QED) is 0.846. The van der Waals surface area contributed by atoms with Gasteiger partial charge in [0, 0.05) is 19.1 Å². The summed E-state index contributed by atoms with van der Waals surface area (Å²) in [5.41, 5.74) is 0.194. The number of rotatable bonds is 1. The zero-order valence-electron chi connectivity index (χ0n) is 12.8. The molecule has 2 heterocycles. The van der Waals surface area contributed by atoms with Crippen molar-refractivity contribution in [3.63, 3.8) is 0 Å². The van der Waals surface area contributed by atoms with Crippen LogP contribution in [0.5, 0.6) is 0 Å². The van der Waals surface area contributed by atoms with Crippen molar-refractivity contribution in [2.24, 2.45) is 0 Å². The van der Waals surface area contributed by atoms with Crippen LogP contribution < -0.4 is 5.32 Å². The summed E-state index contributed by atoms with van der Waals surface area (Å²) in [5.74, 6) is -0.515. The molecule has 1 fully saturated rings. The van der Waals surface area contributed by atoms with Gasteiger partial charge < -0.3 is 10.2 Å². The number of alkyl halides is 3. The van der Waals surface area contributed by atoms with Crippen molar-refractivity contribution < 1.29 is 18.0 Å². The van der Waals surface area contributed by atoms with Crippen LogP contribution in [0.25, 0.3) is 0 Å². The molecule has 0 spiro atoms. The molecule has 2 atom stereocenters. The highest BCUT2D eigenvalue weighted by molar-refractivity contribution is 6.01. The zero-order chi connectivity index (χ0) is 16.2. The van der Waals surface area contributed by atoms with E-state index in [2.05, 4.69) is 5.32 Å². The summed E-state index contributed by atoms with van der Waals surface area (Å²) in [6.45, 7) is 6.68. The molecule has 6 heteroatoms. The molecular formula is C17H23F3N2O. The van der Waals surface area contributed by atoms with Gasteiger partial charge in [0.25, 0.3) is 5.91 Å². The second kappa shape index (κ2) is 5.82. The fourth-order valence-corrected chi connectivity index (χ4v) is 3.46. The van der Waals surface area contributed by atoms with E-state index >= 15 is 0 Å². The van der Waals surface area contributed by atoms with Crippen LogP contribution in [0.2, 0.25) is 0 Å². The number of nitrogens with one attached hydrogen (secondary N) is 1. The SMILES string of the molecule is C.CC(C)c1cc2c(c(C(F)(F)F)c1)C(=O)N1CCN[C@@H](C)[C@@H]21. The van der Waals surface area contributed by atoms with Gasteiger partial charge in [-0.1, -0.05) is 27.3 Å². The highest BCUT2D eigenvalue weighted by Crippen LogP contribution is 2.45. The average Bonchev–Trinajstić information content (AvgIpc) is 2.71. The summed E-state index contributed by atoms with van der Waals surface area (Å²) < 4.78 is 40.3. The Labute approximate surface area is 134 Å². The molecule has 1 aromatic rings. The number of amides is 1. The van der Waals surface area contributed by atoms with Gasteiger partial charge in [-0.25, -0.2) is 0 Å². The Kier molecular flexibility index (Phi) is 4.50. The fourth-order valence-electron chi connectivity index (χ4n) is 3.46. The molecule has 0 aliphatic carbocycles. The van der Waals surface area contributed by atoms with E-state index in [9.17, 15) is 18.0 Å². The predicted octanol–water partition coefficient (Wildman–Crippen LogP) is 3.95. The molecule has 0 radical (unpaired) electrons. The van der Waals surface area contributed by atoms with Crippen molar-refractivity contribution in [1.29, 1.82) is 0 Å². The first-order valence-electron chi connectivity index (χ1n) is 7.51. The maximum absolute atomic E-state index is 13.4. The number of nitrogens with zero attached hydrogens (tertiary/aromatic N) is 1. The largest absolute Gasteiger partial charge is 0.417 e. The third-order valence-electron chi connectivity index (χ3n) is 4.59. The van der Waals surface area contributed by atoms with Crippen LogP contribution in [-0.2, 0) is 6.18 Å². The lowest BCUT2D eigenvalue weighted by Crippen LogP contribution is -2.50. The van der Waals surface area contributed by atoms with Gasteiger partial charge in [-0.15, -0.1) is 0 Å². The first-order valence-corrected chi connectivity index (χ1v) is 7.51. The van der Waals surface area contributed by atoms with E-state index < -0.39 is 17.6 Å². The van der Waals surface area contributed by atoms with Crippen LogP contribution in [0, 0.1) is 0 Å². The smallest absolute Gasteiger partial charge is 0.329 e. The van der Waals surface area contributed by atoms with Gasteiger partial charge in [-0.3, -0.25) is 4.79 Å². The Balaban J connectivity index is 0.00000192. The Bertz CT molecular complexity index is 625. The van der Waals surface area contributed by atoms with Gasteiger partial charge in [-0.05, 0) is 30.0 Å². The summed E-state index contributed by atoms with van der Waals surface area (Å²) in [7, 11) is 0. The lowest BCUT2D eigenvalue weighted by atomic mass is 9.89. The maximum Gasteiger partial charge on any atom is 0.417 e. The van der Waals surface area contributed by atoms with Crippen LogP contribution in [0.15, 0.2) is 12.1 Å². The second-order valence-corrected chi connectivity index (χ2v) is 6.37. The van der Waals surface area contributed by atoms with Gasteiger partial charge in [-0.2, -0.15) is 13.2 Å². The minimum Gasteiger partial charge on any atom is -0.329 e. The summed E-state index contributed by atoms with van der Waals surface area (Å²) in [4.78, 5) is 14.1. The molecule has 0 aromatic heterocycles. The topological polar surface area (TPSA) is 32.3 Å². The van der Waals surface area contributed by atoms with Gasteiger partial charge in [0.1, 0.15) is 0 Å². The van der Waals surface area contributed by atoms with Crippen molar-refractivity contribution in [3.8, 4) is 0 Å². The predicted molar refractivity (Wildman–Crippen MR) is 83.5 cm³/mol. The van der Waals surface area contributed by atoms with E-state index in [-0.39, 0.29) is 31.0 Å².